The minimum absolute atomic E-state index is 0.233. The molecule has 7 heteroatoms. The molecule has 0 saturated heterocycles. The van der Waals surface area contributed by atoms with E-state index in [1.54, 1.807) is 40.9 Å². The Kier molecular flexibility index (Phi) is 4.56. The highest BCUT2D eigenvalue weighted by Crippen LogP contribution is 2.19. The Morgan fingerprint density at radius 3 is 2.63 bits per heavy atom. The summed E-state index contributed by atoms with van der Waals surface area (Å²) in [4.78, 5) is 12.4. The van der Waals surface area contributed by atoms with Crippen LogP contribution in [0.1, 0.15) is 15.9 Å². The van der Waals surface area contributed by atoms with Crippen LogP contribution in [0.25, 0.3) is 17.0 Å². The molecule has 0 bridgehead atoms. The van der Waals surface area contributed by atoms with E-state index in [2.05, 4.69) is 15.5 Å². The summed E-state index contributed by atoms with van der Waals surface area (Å²) in [5.41, 5.74) is 2.57. The second kappa shape index (κ2) is 7.17. The Hall–Kier alpha value is -3.25. The van der Waals surface area contributed by atoms with E-state index in [0.717, 1.165) is 11.1 Å². The molecular weight excluding hydrogens is 367 g/mol. The van der Waals surface area contributed by atoms with Gasteiger partial charge in [0.15, 0.2) is 11.5 Å². The normalized spacial score (nSPS) is 10.9. The van der Waals surface area contributed by atoms with E-state index in [1.807, 2.05) is 18.2 Å². The van der Waals surface area contributed by atoms with Crippen molar-refractivity contribution >= 4 is 23.2 Å². The Labute approximate surface area is 159 Å². The Morgan fingerprint density at radius 1 is 1.07 bits per heavy atom. The van der Waals surface area contributed by atoms with E-state index in [-0.39, 0.29) is 11.7 Å². The number of carbonyl (C=O) groups excluding carboxylic acids is 1. The van der Waals surface area contributed by atoms with Gasteiger partial charge in [0, 0.05) is 28.9 Å². The second-order valence-corrected chi connectivity index (χ2v) is 6.36. The lowest BCUT2D eigenvalue weighted by Crippen LogP contribution is -2.23. The number of halogens is 2. The van der Waals surface area contributed by atoms with Gasteiger partial charge in [0.25, 0.3) is 5.91 Å². The molecule has 0 unspecified atom stereocenters. The van der Waals surface area contributed by atoms with Gasteiger partial charge in [-0.2, -0.15) is 0 Å². The third kappa shape index (κ3) is 3.52. The zero-order valence-electron chi connectivity index (χ0n) is 14.1. The summed E-state index contributed by atoms with van der Waals surface area (Å²) in [6.45, 7) is 0.331. The maximum absolute atomic E-state index is 13.1. The Balaban J connectivity index is 1.56. The first-order valence-corrected chi connectivity index (χ1v) is 8.62. The maximum Gasteiger partial charge on any atom is 0.251 e. The molecule has 0 aliphatic heterocycles. The molecule has 0 fully saturated rings. The summed E-state index contributed by atoms with van der Waals surface area (Å²) < 4.78 is 14.9. The van der Waals surface area contributed by atoms with Crippen molar-refractivity contribution in [1.29, 1.82) is 0 Å². The highest BCUT2D eigenvalue weighted by atomic mass is 35.5. The van der Waals surface area contributed by atoms with E-state index in [9.17, 15) is 9.18 Å². The fraction of sp³-hybridized carbons (Fsp3) is 0.0500. The molecule has 2 aromatic carbocycles. The minimum Gasteiger partial charge on any atom is -0.348 e. The molecule has 134 valence electrons. The van der Waals surface area contributed by atoms with Crippen LogP contribution in [0.15, 0.2) is 66.9 Å². The minimum atomic E-state index is -0.315. The van der Waals surface area contributed by atoms with Crippen LogP contribution in [0, 0.1) is 5.82 Å². The molecule has 2 heterocycles. The van der Waals surface area contributed by atoms with Crippen molar-refractivity contribution in [1.82, 2.24) is 19.9 Å². The van der Waals surface area contributed by atoms with Gasteiger partial charge in [-0.15, -0.1) is 10.2 Å². The quantitative estimate of drug-likeness (QED) is 0.579. The first kappa shape index (κ1) is 17.2. The molecule has 0 aliphatic carbocycles. The van der Waals surface area contributed by atoms with Crippen LogP contribution < -0.4 is 5.32 Å². The van der Waals surface area contributed by atoms with Crippen LogP contribution in [0.2, 0.25) is 5.02 Å². The SMILES string of the molecule is O=C(NCc1ccccc1Cl)c1ccn2c(-c3ccc(F)cc3)nnc2c1. The van der Waals surface area contributed by atoms with Gasteiger partial charge in [-0.05, 0) is 48.0 Å². The number of nitrogens with one attached hydrogen (secondary N) is 1. The van der Waals surface area contributed by atoms with Gasteiger partial charge in [0.1, 0.15) is 5.82 Å². The third-order valence-corrected chi connectivity index (χ3v) is 4.54. The van der Waals surface area contributed by atoms with Gasteiger partial charge in [-0.25, -0.2) is 4.39 Å². The van der Waals surface area contributed by atoms with E-state index in [0.29, 0.717) is 28.6 Å². The standard InChI is InChI=1S/C20H14ClFN4O/c21-17-4-2-1-3-15(17)12-23-20(27)14-9-10-26-18(11-14)24-25-19(26)13-5-7-16(22)8-6-13/h1-11H,12H2,(H,23,27). The van der Waals surface area contributed by atoms with Gasteiger partial charge in [0.2, 0.25) is 0 Å². The van der Waals surface area contributed by atoms with E-state index >= 15 is 0 Å². The fourth-order valence-corrected chi connectivity index (χ4v) is 2.95. The lowest BCUT2D eigenvalue weighted by atomic mass is 10.2. The number of hydrogen-bond acceptors (Lipinski definition) is 3. The lowest BCUT2D eigenvalue weighted by Gasteiger charge is -2.07. The number of carbonyl (C=O) groups is 1. The molecule has 4 rings (SSSR count). The molecule has 1 N–H and O–H groups in total. The zero-order chi connectivity index (χ0) is 18.8. The largest absolute Gasteiger partial charge is 0.348 e. The monoisotopic (exact) mass is 380 g/mol. The second-order valence-electron chi connectivity index (χ2n) is 5.95. The first-order valence-electron chi connectivity index (χ1n) is 8.24. The number of hydrogen-bond donors (Lipinski definition) is 1. The molecule has 0 saturated carbocycles. The van der Waals surface area contributed by atoms with Crippen molar-refractivity contribution in [2.75, 3.05) is 0 Å². The average molecular weight is 381 g/mol. The Morgan fingerprint density at radius 2 is 1.85 bits per heavy atom. The molecule has 0 spiro atoms. The first-order chi connectivity index (χ1) is 13.1. The van der Waals surface area contributed by atoms with E-state index < -0.39 is 0 Å². The van der Waals surface area contributed by atoms with Crippen LogP contribution >= 0.6 is 11.6 Å². The zero-order valence-corrected chi connectivity index (χ0v) is 14.8. The molecule has 27 heavy (non-hydrogen) atoms. The molecule has 4 aromatic rings. The van der Waals surface area contributed by atoms with Crippen molar-refractivity contribution in [2.45, 2.75) is 6.54 Å². The number of nitrogens with zero attached hydrogens (tertiary/aromatic N) is 3. The highest BCUT2D eigenvalue weighted by molar-refractivity contribution is 6.31. The van der Waals surface area contributed by atoms with Crippen molar-refractivity contribution < 1.29 is 9.18 Å². The van der Waals surface area contributed by atoms with Gasteiger partial charge in [0.05, 0.1) is 0 Å². The molecule has 0 radical (unpaired) electrons. The number of amides is 1. The van der Waals surface area contributed by atoms with Gasteiger partial charge in [-0.1, -0.05) is 29.8 Å². The smallest absolute Gasteiger partial charge is 0.251 e. The van der Waals surface area contributed by atoms with Crippen molar-refractivity contribution in [2.24, 2.45) is 0 Å². The number of pyridine rings is 1. The molecule has 0 aliphatic rings. The van der Waals surface area contributed by atoms with Crippen LogP contribution in [0.4, 0.5) is 4.39 Å². The molecule has 0 atom stereocenters. The number of fused-ring (bicyclic) bond motifs is 1. The summed E-state index contributed by atoms with van der Waals surface area (Å²) in [6, 6.07) is 16.7. The van der Waals surface area contributed by atoms with Crippen LogP contribution in [0.5, 0.6) is 0 Å². The van der Waals surface area contributed by atoms with Crippen molar-refractivity contribution in [3.63, 3.8) is 0 Å². The van der Waals surface area contributed by atoms with Crippen molar-refractivity contribution in [3.8, 4) is 11.4 Å². The summed E-state index contributed by atoms with van der Waals surface area (Å²) in [6.07, 6.45) is 1.72. The number of aromatic nitrogens is 3. The van der Waals surface area contributed by atoms with Gasteiger partial charge in [-0.3, -0.25) is 9.20 Å². The number of benzene rings is 2. The molecular formula is C20H14ClFN4O. The summed E-state index contributed by atoms with van der Waals surface area (Å²) in [5, 5.41) is 11.7. The maximum atomic E-state index is 13.1. The third-order valence-electron chi connectivity index (χ3n) is 4.17. The predicted octanol–water partition coefficient (Wildman–Crippen LogP) is 4.12. The molecule has 5 nitrogen and oxygen atoms in total. The van der Waals surface area contributed by atoms with E-state index in [4.69, 9.17) is 11.6 Å². The highest BCUT2D eigenvalue weighted by Gasteiger charge is 2.12. The van der Waals surface area contributed by atoms with Crippen molar-refractivity contribution in [3.05, 3.63) is 88.8 Å². The molecule has 2 aromatic heterocycles. The van der Waals surface area contributed by atoms with Crippen LogP contribution in [0.3, 0.4) is 0 Å². The van der Waals surface area contributed by atoms with Gasteiger partial charge >= 0.3 is 0 Å². The molecule has 1 amide bonds. The predicted molar refractivity (Wildman–Crippen MR) is 101 cm³/mol. The van der Waals surface area contributed by atoms with Gasteiger partial charge < -0.3 is 5.32 Å². The number of rotatable bonds is 4. The summed E-state index contributed by atoms with van der Waals surface area (Å²) in [7, 11) is 0. The van der Waals surface area contributed by atoms with Crippen LogP contribution in [-0.4, -0.2) is 20.5 Å². The van der Waals surface area contributed by atoms with E-state index in [1.165, 1.54) is 12.1 Å². The topological polar surface area (TPSA) is 59.3 Å². The van der Waals surface area contributed by atoms with Crippen LogP contribution in [-0.2, 0) is 6.54 Å². The summed E-state index contributed by atoms with van der Waals surface area (Å²) in [5.74, 6) is 0.0295. The lowest BCUT2D eigenvalue weighted by molar-refractivity contribution is 0.0951. The Bertz CT molecular complexity index is 1120. The fourth-order valence-electron chi connectivity index (χ4n) is 2.75. The summed E-state index contributed by atoms with van der Waals surface area (Å²) >= 11 is 6.11. The average Bonchev–Trinajstić information content (AvgIpc) is 3.11.